The highest BCUT2D eigenvalue weighted by molar-refractivity contribution is 5.93. The second-order valence-corrected chi connectivity index (χ2v) is 7.59. The van der Waals surface area contributed by atoms with E-state index in [1.807, 2.05) is 35.2 Å². The molecule has 1 fully saturated rings. The lowest BCUT2D eigenvalue weighted by atomic mass is 9.93. The van der Waals surface area contributed by atoms with Crippen LogP contribution in [0.15, 0.2) is 66.5 Å². The van der Waals surface area contributed by atoms with Crippen LogP contribution in [0.1, 0.15) is 17.0 Å². The monoisotopic (exact) mass is 379 g/mol. The fourth-order valence-corrected chi connectivity index (χ4v) is 3.68. The summed E-state index contributed by atoms with van der Waals surface area (Å²) < 4.78 is 0. The number of anilines is 1. The van der Waals surface area contributed by atoms with Crippen LogP contribution in [0.25, 0.3) is 0 Å². The number of nitrogens with zero attached hydrogens (tertiary/aromatic N) is 3. The molecule has 2 aromatic rings. The standard InChI is InChI=1S/C22H29N5O/c1-16-9-11-17(12-10-16)19-13-26(15-21(19)25(2)3)22(28)20(23)14-27(24)18-7-5-4-6-8-18/h4-12,14,19,21H,13,15,23-24H2,1-3H3/b20-14-/t19-,21?/m1/s1. The highest BCUT2D eigenvalue weighted by atomic mass is 16.2. The van der Waals surface area contributed by atoms with E-state index in [-0.39, 0.29) is 23.6 Å². The summed E-state index contributed by atoms with van der Waals surface area (Å²) in [6.45, 7) is 3.35. The van der Waals surface area contributed by atoms with Crippen molar-refractivity contribution >= 4 is 11.6 Å². The highest BCUT2D eigenvalue weighted by Crippen LogP contribution is 2.31. The molecule has 1 aliphatic rings. The Morgan fingerprint density at radius 1 is 1.07 bits per heavy atom. The lowest BCUT2D eigenvalue weighted by molar-refractivity contribution is -0.126. The van der Waals surface area contributed by atoms with Crippen molar-refractivity contribution in [1.82, 2.24) is 9.80 Å². The molecule has 1 unspecified atom stereocenters. The molecule has 2 atom stereocenters. The van der Waals surface area contributed by atoms with E-state index in [2.05, 4.69) is 50.2 Å². The van der Waals surface area contributed by atoms with Gasteiger partial charge in [-0.1, -0.05) is 48.0 Å². The predicted molar refractivity (Wildman–Crippen MR) is 113 cm³/mol. The average molecular weight is 380 g/mol. The first kappa shape index (κ1) is 19.9. The van der Waals surface area contributed by atoms with Gasteiger partial charge < -0.3 is 15.5 Å². The Morgan fingerprint density at radius 3 is 2.32 bits per heavy atom. The van der Waals surface area contributed by atoms with E-state index in [4.69, 9.17) is 11.6 Å². The highest BCUT2D eigenvalue weighted by Gasteiger charge is 2.37. The number of amides is 1. The molecular formula is C22H29N5O. The number of hydrogen-bond acceptors (Lipinski definition) is 5. The van der Waals surface area contributed by atoms with Gasteiger partial charge in [0.2, 0.25) is 0 Å². The van der Waals surface area contributed by atoms with E-state index in [1.165, 1.54) is 22.3 Å². The van der Waals surface area contributed by atoms with Gasteiger partial charge in [0, 0.05) is 31.2 Å². The number of carbonyl (C=O) groups excluding carboxylic acids is 1. The van der Waals surface area contributed by atoms with Gasteiger partial charge in [-0.2, -0.15) is 0 Å². The van der Waals surface area contributed by atoms with Crippen LogP contribution >= 0.6 is 0 Å². The van der Waals surface area contributed by atoms with E-state index in [9.17, 15) is 4.79 Å². The maximum absolute atomic E-state index is 12.9. The number of likely N-dealkylation sites (N-methyl/N-ethyl adjacent to an activating group) is 1. The molecule has 6 heteroatoms. The molecule has 0 aliphatic carbocycles. The molecule has 1 aliphatic heterocycles. The topological polar surface area (TPSA) is 78.8 Å². The minimum atomic E-state index is -0.187. The number of nitrogens with two attached hydrogens (primary N) is 2. The fraction of sp³-hybridized carbons (Fsp3) is 0.318. The number of benzene rings is 2. The van der Waals surface area contributed by atoms with Crippen LogP contribution in [0.5, 0.6) is 0 Å². The van der Waals surface area contributed by atoms with Crippen LogP contribution < -0.4 is 16.6 Å². The Bertz CT molecular complexity index is 832. The molecule has 148 valence electrons. The number of carbonyl (C=O) groups is 1. The van der Waals surface area contributed by atoms with Gasteiger partial charge in [0.1, 0.15) is 5.70 Å². The molecule has 0 radical (unpaired) electrons. The quantitative estimate of drug-likeness (QED) is 0.472. The SMILES string of the molecule is Cc1ccc([C@H]2CN(C(=O)/C(N)=C/N(N)c3ccccc3)CC2N(C)C)cc1. The van der Waals surface area contributed by atoms with Gasteiger partial charge in [0.25, 0.3) is 5.91 Å². The molecule has 6 nitrogen and oxygen atoms in total. The molecule has 1 saturated heterocycles. The first-order valence-electron chi connectivity index (χ1n) is 9.45. The number of para-hydroxylation sites is 1. The summed E-state index contributed by atoms with van der Waals surface area (Å²) in [4.78, 5) is 16.9. The summed E-state index contributed by atoms with van der Waals surface area (Å²) in [6, 6.07) is 18.2. The van der Waals surface area contributed by atoms with Crippen molar-refractivity contribution in [2.45, 2.75) is 18.9 Å². The van der Waals surface area contributed by atoms with Gasteiger partial charge in [-0.25, -0.2) is 5.84 Å². The van der Waals surface area contributed by atoms with Crippen molar-refractivity contribution in [3.05, 3.63) is 77.6 Å². The summed E-state index contributed by atoms with van der Waals surface area (Å²) in [5.74, 6) is 6.10. The van der Waals surface area contributed by atoms with Crippen LogP contribution in [0.3, 0.4) is 0 Å². The molecule has 1 heterocycles. The third-order valence-electron chi connectivity index (χ3n) is 5.32. The van der Waals surface area contributed by atoms with Crippen molar-refractivity contribution in [3.8, 4) is 0 Å². The zero-order chi connectivity index (χ0) is 20.3. The third-order valence-corrected chi connectivity index (χ3v) is 5.32. The van der Waals surface area contributed by atoms with E-state index < -0.39 is 0 Å². The van der Waals surface area contributed by atoms with Crippen molar-refractivity contribution in [1.29, 1.82) is 0 Å². The second kappa shape index (κ2) is 8.46. The largest absolute Gasteiger partial charge is 0.393 e. The van der Waals surface area contributed by atoms with Gasteiger partial charge in [0.15, 0.2) is 0 Å². The number of likely N-dealkylation sites (tertiary alicyclic amines) is 1. The maximum atomic E-state index is 12.9. The van der Waals surface area contributed by atoms with E-state index in [1.54, 1.807) is 0 Å². The Balaban J connectivity index is 1.76. The minimum absolute atomic E-state index is 0.133. The summed E-state index contributed by atoms with van der Waals surface area (Å²) in [6.07, 6.45) is 1.49. The summed E-state index contributed by atoms with van der Waals surface area (Å²) >= 11 is 0. The Labute approximate surface area is 167 Å². The van der Waals surface area contributed by atoms with Crippen LogP contribution in [0, 0.1) is 6.92 Å². The third kappa shape index (κ3) is 4.35. The molecular weight excluding hydrogens is 350 g/mol. The molecule has 0 aromatic heterocycles. The Kier molecular flexibility index (Phi) is 6.02. The van der Waals surface area contributed by atoms with Crippen LogP contribution in [-0.2, 0) is 4.79 Å². The number of hydrogen-bond donors (Lipinski definition) is 2. The maximum Gasteiger partial charge on any atom is 0.271 e. The van der Waals surface area contributed by atoms with E-state index in [0.717, 1.165) is 5.69 Å². The van der Waals surface area contributed by atoms with Gasteiger partial charge in [0.05, 0.1) is 5.69 Å². The van der Waals surface area contributed by atoms with Crippen molar-refractivity contribution in [3.63, 3.8) is 0 Å². The molecule has 0 spiro atoms. The first-order chi connectivity index (χ1) is 13.4. The first-order valence-corrected chi connectivity index (χ1v) is 9.45. The molecule has 2 aromatic carbocycles. The van der Waals surface area contributed by atoms with E-state index in [0.29, 0.717) is 13.1 Å². The van der Waals surface area contributed by atoms with Crippen LogP contribution in [0.2, 0.25) is 0 Å². The number of rotatable bonds is 5. The normalized spacial score (nSPS) is 19.9. The molecule has 0 bridgehead atoms. The van der Waals surface area contributed by atoms with Gasteiger partial charge in [-0.15, -0.1) is 0 Å². The predicted octanol–water partition coefficient (Wildman–Crippen LogP) is 2.03. The zero-order valence-electron chi connectivity index (χ0n) is 16.7. The summed E-state index contributed by atoms with van der Waals surface area (Å²) in [5.41, 5.74) is 9.47. The van der Waals surface area contributed by atoms with Crippen molar-refractivity contribution in [2.24, 2.45) is 11.6 Å². The zero-order valence-corrected chi connectivity index (χ0v) is 16.7. The molecule has 3 rings (SSSR count). The second-order valence-electron chi connectivity index (χ2n) is 7.59. The molecule has 28 heavy (non-hydrogen) atoms. The lowest BCUT2D eigenvalue weighted by Crippen LogP contribution is -2.38. The fourth-order valence-electron chi connectivity index (χ4n) is 3.68. The van der Waals surface area contributed by atoms with E-state index >= 15 is 0 Å². The van der Waals surface area contributed by atoms with Crippen molar-refractivity contribution < 1.29 is 4.79 Å². The Morgan fingerprint density at radius 2 is 1.71 bits per heavy atom. The number of hydrazine groups is 1. The Hall–Kier alpha value is -2.83. The van der Waals surface area contributed by atoms with Crippen LogP contribution in [-0.4, -0.2) is 48.9 Å². The summed E-state index contributed by atoms with van der Waals surface area (Å²) in [5, 5.41) is 1.38. The molecule has 0 saturated carbocycles. The smallest absolute Gasteiger partial charge is 0.271 e. The number of aryl methyl sites for hydroxylation is 1. The average Bonchev–Trinajstić information content (AvgIpc) is 3.14. The van der Waals surface area contributed by atoms with Gasteiger partial charge in [-0.3, -0.25) is 9.80 Å². The molecule has 1 amide bonds. The minimum Gasteiger partial charge on any atom is -0.393 e. The van der Waals surface area contributed by atoms with Crippen LogP contribution in [0.4, 0.5) is 5.69 Å². The summed E-state index contributed by atoms with van der Waals surface area (Å²) in [7, 11) is 4.10. The van der Waals surface area contributed by atoms with Gasteiger partial charge >= 0.3 is 0 Å². The molecule has 4 N–H and O–H groups in total. The lowest BCUT2D eigenvalue weighted by Gasteiger charge is -2.25. The van der Waals surface area contributed by atoms with Gasteiger partial charge in [-0.05, 0) is 38.7 Å². The van der Waals surface area contributed by atoms with Crippen molar-refractivity contribution in [2.75, 3.05) is 32.2 Å².